The van der Waals surface area contributed by atoms with Crippen LogP contribution in [0.25, 0.3) is 0 Å². The SMILES string of the molecule is C=CC(C)(CNCCC)Cc1cc(Cl)cc2c1OCC2. The minimum Gasteiger partial charge on any atom is -0.493 e. The molecule has 20 heavy (non-hydrogen) atoms. The minimum absolute atomic E-state index is 0.0135. The van der Waals surface area contributed by atoms with Gasteiger partial charge in [0, 0.05) is 23.4 Å². The van der Waals surface area contributed by atoms with Gasteiger partial charge in [-0.15, -0.1) is 6.58 Å². The first-order valence-electron chi connectivity index (χ1n) is 7.36. The second-order valence-electron chi connectivity index (χ2n) is 5.86. The van der Waals surface area contributed by atoms with Gasteiger partial charge in [0.15, 0.2) is 0 Å². The molecule has 1 heterocycles. The Morgan fingerprint density at radius 1 is 1.50 bits per heavy atom. The van der Waals surface area contributed by atoms with Gasteiger partial charge >= 0.3 is 0 Å². The summed E-state index contributed by atoms with van der Waals surface area (Å²) in [6.45, 7) is 11.1. The minimum atomic E-state index is 0.0135. The van der Waals surface area contributed by atoms with E-state index in [1.54, 1.807) is 0 Å². The highest BCUT2D eigenvalue weighted by Gasteiger charge is 2.25. The summed E-state index contributed by atoms with van der Waals surface area (Å²) >= 11 is 6.23. The van der Waals surface area contributed by atoms with Crippen molar-refractivity contribution in [1.82, 2.24) is 5.32 Å². The lowest BCUT2D eigenvalue weighted by molar-refractivity contribution is 0.342. The molecular weight excluding hydrogens is 270 g/mol. The molecule has 2 rings (SSSR count). The Bertz CT molecular complexity index is 486. The summed E-state index contributed by atoms with van der Waals surface area (Å²) in [5.41, 5.74) is 2.45. The summed E-state index contributed by atoms with van der Waals surface area (Å²) in [6, 6.07) is 4.06. The van der Waals surface area contributed by atoms with Gasteiger partial charge in [0.25, 0.3) is 0 Å². The lowest BCUT2D eigenvalue weighted by atomic mass is 9.83. The Morgan fingerprint density at radius 2 is 2.30 bits per heavy atom. The van der Waals surface area contributed by atoms with E-state index in [1.807, 2.05) is 18.2 Å². The molecule has 1 N–H and O–H groups in total. The summed E-state index contributed by atoms with van der Waals surface area (Å²) in [6.07, 6.45) is 5.04. The fourth-order valence-electron chi connectivity index (χ4n) is 2.67. The zero-order chi connectivity index (χ0) is 14.6. The normalized spacial score (nSPS) is 16.4. The average Bonchev–Trinajstić information content (AvgIpc) is 2.87. The van der Waals surface area contributed by atoms with Gasteiger partial charge in [-0.25, -0.2) is 0 Å². The molecule has 0 bridgehead atoms. The highest BCUT2D eigenvalue weighted by molar-refractivity contribution is 6.30. The van der Waals surface area contributed by atoms with E-state index in [1.165, 1.54) is 11.1 Å². The predicted molar refractivity (Wildman–Crippen MR) is 85.8 cm³/mol. The van der Waals surface area contributed by atoms with Crippen LogP contribution < -0.4 is 10.1 Å². The summed E-state index contributed by atoms with van der Waals surface area (Å²) < 4.78 is 5.79. The molecule has 0 amide bonds. The lowest BCUT2D eigenvalue weighted by Crippen LogP contribution is -2.32. The molecule has 3 heteroatoms. The number of fused-ring (bicyclic) bond motifs is 1. The molecule has 0 aliphatic carbocycles. The Balaban J connectivity index is 2.17. The van der Waals surface area contributed by atoms with Crippen molar-refractivity contribution in [3.63, 3.8) is 0 Å². The van der Waals surface area contributed by atoms with Crippen LogP contribution in [0.2, 0.25) is 5.02 Å². The van der Waals surface area contributed by atoms with Crippen LogP contribution in [0, 0.1) is 5.41 Å². The van der Waals surface area contributed by atoms with Crippen LogP contribution in [0.3, 0.4) is 0 Å². The maximum Gasteiger partial charge on any atom is 0.125 e. The van der Waals surface area contributed by atoms with Crippen molar-refractivity contribution >= 4 is 11.6 Å². The van der Waals surface area contributed by atoms with Gasteiger partial charge in [0.05, 0.1) is 6.61 Å². The van der Waals surface area contributed by atoms with Gasteiger partial charge in [0.1, 0.15) is 5.75 Å². The molecular formula is C17H24ClNO. The largest absolute Gasteiger partial charge is 0.493 e. The van der Waals surface area contributed by atoms with Crippen molar-refractivity contribution in [2.24, 2.45) is 5.41 Å². The van der Waals surface area contributed by atoms with Crippen molar-refractivity contribution in [3.05, 3.63) is 40.9 Å². The molecule has 0 saturated heterocycles. The number of rotatable bonds is 7. The van der Waals surface area contributed by atoms with Gasteiger partial charge in [-0.05, 0) is 42.6 Å². The van der Waals surface area contributed by atoms with E-state index in [0.717, 1.165) is 49.7 Å². The van der Waals surface area contributed by atoms with Gasteiger partial charge in [-0.1, -0.05) is 31.5 Å². The van der Waals surface area contributed by atoms with E-state index in [0.29, 0.717) is 0 Å². The zero-order valence-electron chi connectivity index (χ0n) is 12.5. The van der Waals surface area contributed by atoms with Crippen molar-refractivity contribution in [1.29, 1.82) is 0 Å². The number of nitrogens with one attached hydrogen (secondary N) is 1. The fourth-order valence-corrected chi connectivity index (χ4v) is 2.93. The lowest BCUT2D eigenvalue weighted by Gasteiger charge is -2.27. The first-order chi connectivity index (χ1) is 9.58. The topological polar surface area (TPSA) is 21.3 Å². The van der Waals surface area contributed by atoms with E-state index < -0.39 is 0 Å². The number of benzene rings is 1. The maximum absolute atomic E-state index is 6.23. The summed E-state index contributed by atoms with van der Waals surface area (Å²) in [5, 5.41) is 4.29. The van der Waals surface area contributed by atoms with Crippen molar-refractivity contribution in [2.45, 2.75) is 33.1 Å². The summed E-state index contributed by atoms with van der Waals surface area (Å²) in [7, 11) is 0. The molecule has 1 aromatic rings. The molecule has 0 saturated carbocycles. The van der Waals surface area contributed by atoms with Crippen LogP contribution in [-0.2, 0) is 12.8 Å². The fraction of sp³-hybridized carbons (Fsp3) is 0.529. The van der Waals surface area contributed by atoms with E-state index in [4.69, 9.17) is 16.3 Å². The number of ether oxygens (including phenoxy) is 1. The second kappa shape index (κ2) is 6.64. The molecule has 0 radical (unpaired) electrons. The van der Waals surface area contributed by atoms with Crippen molar-refractivity contribution < 1.29 is 4.74 Å². The van der Waals surface area contributed by atoms with Gasteiger partial charge in [-0.3, -0.25) is 0 Å². The zero-order valence-corrected chi connectivity index (χ0v) is 13.2. The van der Waals surface area contributed by atoms with E-state index in [9.17, 15) is 0 Å². The van der Waals surface area contributed by atoms with E-state index in [-0.39, 0.29) is 5.41 Å². The smallest absolute Gasteiger partial charge is 0.125 e. The van der Waals surface area contributed by atoms with Gasteiger partial charge in [0.2, 0.25) is 0 Å². The van der Waals surface area contributed by atoms with Crippen LogP contribution in [-0.4, -0.2) is 19.7 Å². The molecule has 2 nitrogen and oxygen atoms in total. The maximum atomic E-state index is 6.23. The first kappa shape index (κ1) is 15.4. The molecule has 110 valence electrons. The van der Waals surface area contributed by atoms with Crippen LogP contribution >= 0.6 is 11.6 Å². The van der Waals surface area contributed by atoms with E-state index >= 15 is 0 Å². The Hall–Kier alpha value is -0.990. The Kier molecular flexibility index (Phi) is 5.11. The third-order valence-electron chi connectivity index (χ3n) is 3.87. The average molecular weight is 294 g/mol. The summed E-state index contributed by atoms with van der Waals surface area (Å²) in [5.74, 6) is 1.04. The number of hydrogen-bond donors (Lipinski definition) is 1. The monoisotopic (exact) mass is 293 g/mol. The highest BCUT2D eigenvalue weighted by atomic mass is 35.5. The molecule has 1 unspecified atom stereocenters. The third kappa shape index (κ3) is 3.56. The molecule has 0 fully saturated rings. The molecule has 1 aliphatic rings. The van der Waals surface area contributed by atoms with Crippen LogP contribution in [0.1, 0.15) is 31.4 Å². The van der Waals surface area contributed by atoms with Crippen molar-refractivity contribution in [2.75, 3.05) is 19.7 Å². The number of hydrogen-bond acceptors (Lipinski definition) is 2. The Morgan fingerprint density at radius 3 is 3.00 bits per heavy atom. The molecule has 1 atom stereocenters. The standard InChI is InChI=1S/C17H24ClNO/c1-4-7-19-12-17(3,5-2)11-14-10-15(18)9-13-6-8-20-16(13)14/h5,9-10,19H,2,4,6-8,11-12H2,1,3H3. The predicted octanol–water partition coefficient (Wildman–Crippen LogP) is 4.01. The van der Waals surface area contributed by atoms with Gasteiger partial charge < -0.3 is 10.1 Å². The van der Waals surface area contributed by atoms with Crippen LogP contribution in [0.4, 0.5) is 0 Å². The summed E-state index contributed by atoms with van der Waals surface area (Å²) in [4.78, 5) is 0. The van der Waals surface area contributed by atoms with E-state index in [2.05, 4.69) is 25.7 Å². The Labute approximate surface area is 127 Å². The van der Waals surface area contributed by atoms with Crippen LogP contribution in [0.15, 0.2) is 24.8 Å². The molecule has 0 spiro atoms. The molecule has 1 aromatic carbocycles. The quantitative estimate of drug-likeness (QED) is 0.606. The van der Waals surface area contributed by atoms with Gasteiger partial charge in [-0.2, -0.15) is 0 Å². The molecule has 0 aromatic heterocycles. The molecule has 1 aliphatic heterocycles. The first-order valence-corrected chi connectivity index (χ1v) is 7.74. The second-order valence-corrected chi connectivity index (χ2v) is 6.30. The number of halogens is 1. The van der Waals surface area contributed by atoms with Crippen molar-refractivity contribution in [3.8, 4) is 5.75 Å². The highest BCUT2D eigenvalue weighted by Crippen LogP contribution is 2.36. The third-order valence-corrected chi connectivity index (χ3v) is 4.09. The van der Waals surface area contributed by atoms with Crippen LogP contribution in [0.5, 0.6) is 5.75 Å².